The zero-order valence-electron chi connectivity index (χ0n) is 30.4. The third kappa shape index (κ3) is 6.89. The molecule has 0 spiro atoms. The van der Waals surface area contributed by atoms with Gasteiger partial charge in [0, 0.05) is 22.9 Å². The summed E-state index contributed by atoms with van der Waals surface area (Å²) >= 11 is 0. The molecule has 0 saturated heterocycles. The fourth-order valence-corrected chi connectivity index (χ4v) is 7.80. The summed E-state index contributed by atoms with van der Waals surface area (Å²) in [4.78, 5) is 5.48. The topological polar surface area (TPSA) is 34.7 Å². The van der Waals surface area contributed by atoms with Crippen molar-refractivity contribution in [2.24, 2.45) is 10.9 Å². The summed E-state index contributed by atoms with van der Waals surface area (Å²) in [7, 11) is 0. The van der Waals surface area contributed by atoms with Crippen LogP contribution in [-0.2, 0) is 0 Å². The molecule has 7 aromatic carbocycles. The third-order valence-electron chi connectivity index (χ3n) is 10.8. The van der Waals surface area contributed by atoms with E-state index >= 15 is 0 Å². The molecule has 0 aliphatic carbocycles. The number of hydrogen-bond acceptors (Lipinski definition) is 3. The first-order chi connectivity index (χ1) is 26.7. The highest BCUT2D eigenvalue weighted by atomic mass is 16.5. The summed E-state index contributed by atoms with van der Waals surface area (Å²) in [5.41, 5.74) is 12.6. The summed E-state index contributed by atoms with van der Waals surface area (Å²) in [5.74, 6) is 1.97. The summed E-state index contributed by atoms with van der Waals surface area (Å²) in [6, 6.07) is 61.7. The maximum atomic E-state index is 6.39. The highest BCUT2D eigenvalue weighted by Crippen LogP contribution is 2.40. The van der Waals surface area contributed by atoms with Gasteiger partial charge in [-0.15, -0.1) is 0 Å². The molecule has 0 fully saturated rings. The Morgan fingerprint density at radius 3 is 1.61 bits per heavy atom. The predicted molar refractivity (Wildman–Crippen MR) is 224 cm³/mol. The Balaban J connectivity index is 0.955. The van der Waals surface area contributed by atoms with E-state index in [1.54, 1.807) is 0 Å². The Hall–Kier alpha value is -6.45. The molecule has 8 aromatic rings. The number of hydrogen-bond donors (Lipinski definition) is 0. The molecule has 54 heavy (non-hydrogen) atoms. The molecule has 3 nitrogen and oxygen atoms in total. The van der Waals surface area contributed by atoms with Gasteiger partial charge >= 0.3 is 0 Å². The van der Waals surface area contributed by atoms with E-state index in [1.165, 1.54) is 33.4 Å². The molecular weight excluding hydrogens is 659 g/mol. The Kier molecular flexibility index (Phi) is 9.20. The second-order valence-electron chi connectivity index (χ2n) is 14.1. The monoisotopic (exact) mass is 699 g/mol. The third-order valence-corrected chi connectivity index (χ3v) is 10.8. The van der Waals surface area contributed by atoms with Gasteiger partial charge in [0.1, 0.15) is 22.7 Å². The van der Waals surface area contributed by atoms with Crippen molar-refractivity contribution in [1.29, 1.82) is 0 Å². The van der Waals surface area contributed by atoms with Crippen LogP contribution in [0.25, 0.3) is 49.8 Å². The van der Waals surface area contributed by atoms with Gasteiger partial charge in [-0.3, -0.25) is 4.99 Å². The molecular formula is C51H41NO2. The van der Waals surface area contributed by atoms with Crippen molar-refractivity contribution in [2.75, 3.05) is 0 Å². The average Bonchev–Trinajstić information content (AvgIpc) is 3.60. The van der Waals surface area contributed by atoms with Crippen LogP contribution in [0.5, 0.6) is 11.5 Å². The lowest BCUT2D eigenvalue weighted by Crippen LogP contribution is -2.16. The van der Waals surface area contributed by atoms with Crippen LogP contribution in [0.4, 0.5) is 0 Å². The normalized spacial score (nSPS) is 17.0. The first kappa shape index (κ1) is 33.4. The van der Waals surface area contributed by atoms with Crippen LogP contribution in [0.3, 0.4) is 0 Å². The van der Waals surface area contributed by atoms with E-state index in [1.807, 2.05) is 18.2 Å². The predicted octanol–water partition coefficient (Wildman–Crippen LogP) is 14.1. The van der Waals surface area contributed by atoms with Crippen LogP contribution in [0, 0.1) is 5.92 Å². The molecule has 2 unspecified atom stereocenters. The standard InChI is InChI=1S/C51H41NO2/c1-2-35-32-41(36-12-6-3-7-13-36)22-29-48(39-16-10-5-11-17-39)52-51(35)40-20-27-45(28-21-40)53-44-25-18-38(19-26-44)43-24-31-50-47(34-43)46-33-42(23-30-49(46)54-50)37-14-8-4-9-15-37/h3-28,30-31,33-35,51H,2,29,32H2,1H3/b41-22-,52-48?. The fraction of sp³-hybridized carbons (Fsp3) is 0.118. The highest BCUT2D eigenvalue weighted by Gasteiger charge is 2.26. The zero-order valence-corrected chi connectivity index (χ0v) is 30.4. The van der Waals surface area contributed by atoms with E-state index in [-0.39, 0.29) is 6.04 Å². The molecule has 2 atom stereocenters. The molecule has 1 aliphatic heterocycles. The van der Waals surface area contributed by atoms with E-state index in [4.69, 9.17) is 14.1 Å². The van der Waals surface area contributed by atoms with Crippen molar-refractivity contribution in [3.05, 3.63) is 199 Å². The molecule has 9 rings (SSSR count). The van der Waals surface area contributed by atoms with Crippen molar-refractivity contribution in [1.82, 2.24) is 0 Å². The van der Waals surface area contributed by atoms with E-state index in [0.29, 0.717) is 5.92 Å². The molecule has 0 amide bonds. The van der Waals surface area contributed by atoms with Gasteiger partial charge in [-0.1, -0.05) is 147 Å². The minimum absolute atomic E-state index is 0.0422. The molecule has 0 N–H and O–H groups in total. The lowest BCUT2D eigenvalue weighted by Gasteiger charge is -2.28. The minimum Gasteiger partial charge on any atom is -0.457 e. The maximum absolute atomic E-state index is 6.39. The summed E-state index contributed by atoms with van der Waals surface area (Å²) in [5, 5.41) is 2.24. The van der Waals surface area contributed by atoms with Crippen LogP contribution in [0.1, 0.15) is 48.9 Å². The number of rotatable bonds is 8. The lowest BCUT2D eigenvalue weighted by atomic mass is 9.82. The number of aliphatic imine (C=N–C) groups is 1. The number of ether oxygens (including phenoxy) is 1. The molecule has 2 heterocycles. The summed E-state index contributed by atoms with van der Waals surface area (Å²) in [6.45, 7) is 2.29. The first-order valence-corrected chi connectivity index (χ1v) is 18.9. The summed E-state index contributed by atoms with van der Waals surface area (Å²) in [6.07, 6.45) is 5.21. The largest absolute Gasteiger partial charge is 0.457 e. The number of furan rings is 1. The first-order valence-electron chi connectivity index (χ1n) is 18.9. The molecule has 0 saturated carbocycles. The molecule has 1 aliphatic rings. The van der Waals surface area contributed by atoms with Crippen molar-refractivity contribution >= 4 is 33.2 Å². The zero-order chi connectivity index (χ0) is 36.3. The lowest BCUT2D eigenvalue weighted by molar-refractivity contribution is 0.426. The van der Waals surface area contributed by atoms with Crippen LogP contribution in [-0.4, -0.2) is 5.71 Å². The van der Waals surface area contributed by atoms with Crippen molar-refractivity contribution in [3.63, 3.8) is 0 Å². The van der Waals surface area contributed by atoms with Crippen LogP contribution < -0.4 is 4.74 Å². The van der Waals surface area contributed by atoms with Gasteiger partial charge in [0.15, 0.2) is 0 Å². The second-order valence-corrected chi connectivity index (χ2v) is 14.1. The minimum atomic E-state index is 0.0422. The quantitative estimate of drug-likeness (QED) is 0.158. The molecule has 1 aromatic heterocycles. The van der Waals surface area contributed by atoms with Gasteiger partial charge < -0.3 is 9.15 Å². The summed E-state index contributed by atoms with van der Waals surface area (Å²) < 4.78 is 12.6. The number of fused-ring (bicyclic) bond motifs is 3. The van der Waals surface area contributed by atoms with Crippen molar-refractivity contribution in [2.45, 2.75) is 32.2 Å². The number of allylic oxidation sites excluding steroid dienone is 2. The Bertz CT molecular complexity index is 2580. The SMILES string of the molecule is CCC1C/C(c2ccccc2)=C/CC(c2ccccc2)=NC1c1ccc(Oc2ccc(-c3ccc4oc5ccc(-c6ccccc6)cc5c4c3)cc2)cc1. The van der Waals surface area contributed by atoms with Gasteiger partial charge in [-0.25, -0.2) is 0 Å². The van der Waals surface area contributed by atoms with E-state index in [0.717, 1.165) is 69.5 Å². The molecule has 0 radical (unpaired) electrons. The molecule has 3 heteroatoms. The second kappa shape index (κ2) is 14.9. The Labute approximate surface area is 316 Å². The van der Waals surface area contributed by atoms with Gasteiger partial charge in [0.25, 0.3) is 0 Å². The van der Waals surface area contributed by atoms with E-state index in [2.05, 4.69) is 171 Å². The van der Waals surface area contributed by atoms with Gasteiger partial charge in [0.2, 0.25) is 0 Å². The van der Waals surface area contributed by atoms with E-state index in [9.17, 15) is 0 Å². The van der Waals surface area contributed by atoms with Crippen molar-refractivity contribution in [3.8, 4) is 33.8 Å². The van der Waals surface area contributed by atoms with Crippen LogP contribution in [0.2, 0.25) is 0 Å². The van der Waals surface area contributed by atoms with Gasteiger partial charge in [-0.05, 0) is 105 Å². The molecule has 0 bridgehead atoms. The van der Waals surface area contributed by atoms with Crippen LogP contribution in [0.15, 0.2) is 191 Å². The van der Waals surface area contributed by atoms with Gasteiger partial charge in [0.05, 0.1) is 6.04 Å². The average molecular weight is 700 g/mol. The Morgan fingerprint density at radius 2 is 1.04 bits per heavy atom. The number of nitrogens with zero attached hydrogens (tertiary/aromatic N) is 1. The van der Waals surface area contributed by atoms with Crippen LogP contribution >= 0.6 is 0 Å². The Morgan fingerprint density at radius 1 is 0.537 bits per heavy atom. The maximum Gasteiger partial charge on any atom is 0.135 e. The van der Waals surface area contributed by atoms with E-state index < -0.39 is 0 Å². The fourth-order valence-electron chi connectivity index (χ4n) is 7.80. The smallest absolute Gasteiger partial charge is 0.135 e. The number of benzene rings is 7. The highest BCUT2D eigenvalue weighted by molar-refractivity contribution is 6.07. The molecule has 262 valence electrons. The van der Waals surface area contributed by atoms with Gasteiger partial charge in [-0.2, -0.15) is 0 Å². The van der Waals surface area contributed by atoms with Crippen molar-refractivity contribution < 1.29 is 9.15 Å².